The average molecular weight is 224 g/mol. The van der Waals surface area contributed by atoms with Gasteiger partial charge in [-0.05, 0) is 39.0 Å². The smallest absolute Gasteiger partial charge is 0.239 e. The van der Waals surface area contributed by atoms with Gasteiger partial charge in [0.05, 0.1) is 6.04 Å². The molecule has 0 spiro atoms. The number of hydrogen-bond donors (Lipinski definition) is 1. The van der Waals surface area contributed by atoms with Gasteiger partial charge in [0, 0.05) is 19.1 Å². The molecule has 3 nitrogen and oxygen atoms in total. The Morgan fingerprint density at radius 1 is 1.31 bits per heavy atom. The first-order chi connectivity index (χ1) is 7.66. The van der Waals surface area contributed by atoms with Crippen molar-refractivity contribution >= 4 is 5.91 Å². The molecule has 1 aliphatic carbocycles. The molecule has 2 rings (SSSR count). The van der Waals surface area contributed by atoms with Crippen LogP contribution < -0.4 is 5.32 Å². The Balaban J connectivity index is 1.72. The normalized spacial score (nSPS) is 24.5. The number of nitrogens with zero attached hydrogens (tertiary/aromatic N) is 1. The maximum Gasteiger partial charge on any atom is 0.239 e. The highest BCUT2D eigenvalue weighted by Gasteiger charge is 2.27. The molecule has 16 heavy (non-hydrogen) atoms. The first-order valence-corrected chi connectivity index (χ1v) is 6.71. The molecule has 3 heteroatoms. The van der Waals surface area contributed by atoms with Crippen LogP contribution in [0, 0.1) is 5.92 Å². The topological polar surface area (TPSA) is 32.3 Å². The lowest BCUT2D eigenvalue weighted by Crippen LogP contribution is -2.46. The first-order valence-electron chi connectivity index (χ1n) is 6.71. The molecule has 2 aliphatic rings. The molecule has 1 amide bonds. The van der Waals surface area contributed by atoms with Gasteiger partial charge >= 0.3 is 0 Å². The number of hydrogen-bond acceptors (Lipinski definition) is 2. The maximum absolute atomic E-state index is 12.0. The van der Waals surface area contributed by atoms with Crippen LogP contribution in [0.3, 0.4) is 0 Å². The van der Waals surface area contributed by atoms with E-state index in [2.05, 4.69) is 12.2 Å². The Bertz CT molecular complexity index is 244. The van der Waals surface area contributed by atoms with Crippen molar-refractivity contribution < 1.29 is 4.79 Å². The van der Waals surface area contributed by atoms with Crippen LogP contribution in [0.2, 0.25) is 0 Å². The van der Waals surface area contributed by atoms with Gasteiger partial charge in [-0.15, -0.1) is 0 Å². The molecule has 2 fully saturated rings. The fourth-order valence-electron chi connectivity index (χ4n) is 2.63. The van der Waals surface area contributed by atoms with Gasteiger partial charge in [0.2, 0.25) is 5.91 Å². The molecule has 1 N–H and O–H groups in total. The summed E-state index contributed by atoms with van der Waals surface area (Å²) in [7, 11) is 0. The van der Waals surface area contributed by atoms with Gasteiger partial charge in [-0.2, -0.15) is 0 Å². The molecule has 0 radical (unpaired) electrons. The first kappa shape index (κ1) is 11.9. The number of rotatable bonds is 5. The highest BCUT2D eigenvalue weighted by Crippen LogP contribution is 2.33. The number of likely N-dealkylation sites (tertiary alicyclic amines) is 1. The van der Waals surface area contributed by atoms with E-state index < -0.39 is 0 Å². The van der Waals surface area contributed by atoms with Crippen LogP contribution >= 0.6 is 0 Å². The molecular weight excluding hydrogens is 200 g/mol. The Kier molecular flexibility index (Phi) is 3.85. The number of amides is 1. The van der Waals surface area contributed by atoms with Gasteiger partial charge in [0.15, 0.2) is 0 Å². The van der Waals surface area contributed by atoms with E-state index in [-0.39, 0.29) is 6.04 Å². The van der Waals surface area contributed by atoms with Crippen molar-refractivity contribution in [3.05, 3.63) is 0 Å². The van der Waals surface area contributed by atoms with Crippen LogP contribution in [0.1, 0.15) is 46.0 Å². The molecule has 1 aliphatic heterocycles. The van der Waals surface area contributed by atoms with Gasteiger partial charge in [-0.1, -0.05) is 12.8 Å². The van der Waals surface area contributed by atoms with E-state index in [0.717, 1.165) is 19.0 Å². The van der Waals surface area contributed by atoms with Crippen LogP contribution in [0.5, 0.6) is 0 Å². The summed E-state index contributed by atoms with van der Waals surface area (Å²) >= 11 is 0. The highest BCUT2D eigenvalue weighted by atomic mass is 16.2. The minimum absolute atomic E-state index is 0.00755. The molecule has 0 aromatic heterocycles. The zero-order valence-electron chi connectivity index (χ0n) is 10.5. The molecule has 92 valence electrons. The monoisotopic (exact) mass is 224 g/mol. The fourth-order valence-corrected chi connectivity index (χ4v) is 2.63. The van der Waals surface area contributed by atoms with Crippen LogP contribution in [0.4, 0.5) is 0 Å². The van der Waals surface area contributed by atoms with Gasteiger partial charge < -0.3 is 10.2 Å². The second kappa shape index (κ2) is 5.17. The maximum atomic E-state index is 12.0. The van der Waals surface area contributed by atoms with Crippen molar-refractivity contribution in [2.75, 3.05) is 13.1 Å². The van der Waals surface area contributed by atoms with Crippen molar-refractivity contribution in [2.24, 2.45) is 5.92 Å². The third-order valence-electron chi connectivity index (χ3n) is 3.71. The Morgan fingerprint density at radius 3 is 2.50 bits per heavy atom. The van der Waals surface area contributed by atoms with E-state index in [1.807, 2.05) is 11.8 Å². The molecule has 0 aromatic rings. The third kappa shape index (κ3) is 3.21. The highest BCUT2D eigenvalue weighted by molar-refractivity contribution is 5.81. The molecule has 0 bridgehead atoms. The zero-order chi connectivity index (χ0) is 11.5. The van der Waals surface area contributed by atoms with Crippen molar-refractivity contribution in [3.8, 4) is 0 Å². The van der Waals surface area contributed by atoms with Crippen LogP contribution in [-0.4, -0.2) is 36.0 Å². The summed E-state index contributed by atoms with van der Waals surface area (Å²) < 4.78 is 0. The summed E-state index contributed by atoms with van der Waals surface area (Å²) in [5.41, 5.74) is 0. The van der Waals surface area contributed by atoms with E-state index in [1.54, 1.807) is 0 Å². The summed E-state index contributed by atoms with van der Waals surface area (Å²) in [4.78, 5) is 14.0. The minimum Gasteiger partial charge on any atom is -0.341 e. The molecular formula is C13H24N2O. The summed E-state index contributed by atoms with van der Waals surface area (Å²) in [6.45, 7) is 6.12. The van der Waals surface area contributed by atoms with Crippen molar-refractivity contribution in [2.45, 2.75) is 58.0 Å². The standard InChI is InChI=1S/C13H24N2O/c1-10(9-12-5-6-12)14-11(2)13(16)15-7-3-4-8-15/h10-12,14H,3-9H2,1-2H3. The van der Waals surface area contributed by atoms with Crippen LogP contribution in [0.15, 0.2) is 0 Å². The Labute approximate surface area is 98.6 Å². The van der Waals surface area contributed by atoms with E-state index in [4.69, 9.17) is 0 Å². The van der Waals surface area contributed by atoms with Crippen LogP contribution in [0.25, 0.3) is 0 Å². The van der Waals surface area contributed by atoms with E-state index in [1.165, 1.54) is 32.1 Å². The summed E-state index contributed by atoms with van der Waals surface area (Å²) in [5, 5.41) is 3.44. The predicted octanol–water partition coefficient (Wildman–Crippen LogP) is 1.78. The molecule has 0 aromatic carbocycles. The van der Waals surface area contributed by atoms with Gasteiger partial charge in [0.25, 0.3) is 0 Å². The lowest BCUT2D eigenvalue weighted by Gasteiger charge is -2.24. The summed E-state index contributed by atoms with van der Waals surface area (Å²) in [5.74, 6) is 1.22. The average Bonchev–Trinajstić information content (AvgIpc) is 2.89. The largest absolute Gasteiger partial charge is 0.341 e. The molecule has 1 heterocycles. The summed E-state index contributed by atoms with van der Waals surface area (Å²) in [6, 6.07) is 0.473. The Morgan fingerprint density at radius 2 is 1.94 bits per heavy atom. The fraction of sp³-hybridized carbons (Fsp3) is 0.923. The summed E-state index contributed by atoms with van der Waals surface area (Å²) in [6.07, 6.45) is 6.37. The molecule has 1 saturated carbocycles. The third-order valence-corrected chi connectivity index (χ3v) is 3.71. The lowest BCUT2D eigenvalue weighted by atomic mass is 10.1. The van der Waals surface area contributed by atoms with E-state index in [0.29, 0.717) is 11.9 Å². The molecule has 2 atom stereocenters. The van der Waals surface area contributed by atoms with E-state index in [9.17, 15) is 4.79 Å². The quantitative estimate of drug-likeness (QED) is 0.772. The second-order valence-electron chi connectivity index (χ2n) is 5.50. The van der Waals surface area contributed by atoms with Crippen molar-refractivity contribution in [1.29, 1.82) is 0 Å². The van der Waals surface area contributed by atoms with Crippen molar-refractivity contribution in [1.82, 2.24) is 10.2 Å². The predicted molar refractivity (Wildman–Crippen MR) is 65.2 cm³/mol. The number of carbonyl (C=O) groups excluding carboxylic acids is 1. The number of carbonyl (C=O) groups is 1. The second-order valence-corrected chi connectivity index (χ2v) is 5.50. The molecule has 2 unspecified atom stereocenters. The minimum atomic E-state index is -0.00755. The van der Waals surface area contributed by atoms with Gasteiger partial charge in [0.1, 0.15) is 0 Å². The lowest BCUT2D eigenvalue weighted by molar-refractivity contribution is -0.132. The number of nitrogens with one attached hydrogen (secondary N) is 1. The SMILES string of the molecule is CC(CC1CC1)NC(C)C(=O)N1CCCC1. The molecule has 1 saturated heterocycles. The van der Waals surface area contributed by atoms with Gasteiger partial charge in [-0.3, -0.25) is 4.79 Å². The zero-order valence-corrected chi connectivity index (χ0v) is 10.5. The Hall–Kier alpha value is -0.570. The van der Waals surface area contributed by atoms with Crippen molar-refractivity contribution in [3.63, 3.8) is 0 Å². The van der Waals surface area contributed by atoms with Crippen LogP contribution in [-0.2, 0) is 4.79 Å². The van der Waals surface area contributed by atoms with Gasteiger partial charge in [-0.25, -0.2) is 0 Å². The van der Waals surface area contributed by atoms with E-state index >= 15 is 0 Å².